The Morgan fingerprint density at radius 1 is 1.06 bits per heavy atom. The number of rotatable bonds is 5. The van der Waals surface area contributed by atoms with Crippen LogP contribution in [0, 0.1) is 23.5 Å². The molecule has 0 fully saturated rings. The van der Waals surface area contributed by atoms with Crippen molar-refractivity contribution in [2.75, 3.05) is 0 Å². The number of hydrogen-bond acceptors (Lipinski definition) is 5. The molecule has 0 saturated heterocycles. The van der Waals surface area contributed by atoms with E-state index >= 15 is 8.78 Å². The fourth-order valence-corrected chi connectivity index (χ4v) is 3.25. The molecule has 0 radical (unpaired) electrons. The standard InChI is InChI=1S/C22H16F4N6O/c1-31-9-8-16(12-31)3-2-15-4-7-20(27-11-15)22(25,26)21(33,13-32-14-28-29-30-32)18-6-5-17(23)10-19(18)24/h4-12,14,33H,13H2,1H3. The Kier molecular flexibility index (Phi) is 5.69. The first kappa shape index (κ1) is 22.2. The van der Waals surface area contributed by atoms with E-state index in [2.05, 4.69) is 32.4 Å². The Hall–Kier alpha value is -4.04. The molecule has 7 nitrogen and oxygen atoms in total. The van der Waals surface area contributed by atoms with Gasteiger partial charge in [0.2, 0.25) is 0 Å². The molecule has 1 atom stereocenters. The predicted molar refractivity (Wildman–Crippen MR) is 108 cm³/mol. The average Bonchev–Trinajstić information content (AvgIpc) is 3.43. The Balaban J connectivity index is 1.72. The average molecular weight is 456 g/mol. The van der Waals surface area contributed by atoms with E-state index in [0.717, 1.165) is 41.0 Å². The van der Waals surface area contributed by atoms with Crippen LogP contribution < -0.4 is 0 Å². The number of pyridine rings is 1. The van der Waals surface area contributed by atoms with Crippen LogP contribution in [0.25, 0.3) is 0 Å². The van der Waals surface area contributed by atoms with Gasteiger partial charge in [0.05, 0.1) is 6.54 Å². The van der Waals surface area contributed by atoms with Crippen molar-refractivity contribution in [1.29, 1.82) is 0 Å². The smallest absolute Gasteiger partial charge is 0.323 e. The van der Waals surface area contributed by atoms with Crippen LogP contribution >= 0.6 is 0 Å². The van der Waals surface area contributed by atoms with Gasteiger partial charge in [0.25, 0.3) is 0 Å². The van der Waals surface area contributed by atoms with Gasteiger partial charge in [-0.05, 0) is 40.8 Å². The van der Waals surface area contributed by atoms with Crippen LogP contribution in [0.3, 0.4) is 0 Å². The molecule has 1 N–H and O–H groups in total. The van der Waals surface area contributed by atoms with E-state index in [-0.39, 0.29) is 0 Å². The summed E-state index contributed by atoms with van der Waals surface area (Å²) in [5, 5.41) is 21.3. The summed E-state index contributed by atoms with van der Waals surface area (Å²) in [7, 11) is 1.84. The zero-order chi connectivity index (χ0) is 23.6. The molecule has 4 aromatic rings. The third-order valence-corrected chi connectivity index (χ3v) is 4.95. The van der Waals surface area contributed by atoms with Crippen LogP contribution in [-0.4, -0.2) is 34.9 Å². The summed E-state index contributed by atoms with van der Waals surface area (Å²) in [4.78, 5) is 3.76. The SMILES string of the molecule is Cn1ccc(C#Cc2ccc(C(F)(F)C(O)(Cn3cnnn3)c3ccc(F)cc3F)nc2)c1. The van der Waals surface area contributed by atoms with E-state index in [9.17, 15) is 13.9 Å². The maximum absolute atomic E-state index is 15.7. The summed E-state index contributed by atoms with van der Waals surface area (Å²) < 4.78 is 61.8. The summed E-state index contributed by atoms with van der Waals surface area (Å²) in [5.41, 5.74) is -3.78. The van der Waals surface area contributed by atoms with E-state index in [0.29, 0.717) is 11.6 Å². The maximum atomic E-state index is 15.7. The Labute approximate surface area is 185 Å². The highest BCUT2D eigenvalue weighted by atomic mass is 19.3. The molecule has 3 aromatic heterocycles. The summed E-state index contributed by atoms with van der Waals surface area (Å²) in [6, 6.07) is 6.02. The van der Waals surface area contributed by atoms with Gasteiger partial charge in [0.1, 0.15) is 23.7 Å². The third kappa shape index (κ3) is 4.33. The fraction of sp³-hybridized carbons (Fsp3) is 0.182. The number of aryl methyl sites for hydroxylation is 1. The number of aromatic nitrogens is 6. The van der Waals surface area contributed by atoms with E-state index < -0.39 is 41.0 Å². The Morgan fingerprint density at radius 2 is 1.85 bits per heavy atom. The fourth-order valence-electron chi connectivity index (χ4n) is 3.25. The quantitative estimate of drug-likeness (QED) is 0.369. The lowest BCUT2D eigenvalue weighted by Crippen LogP contribution is -2.48. The first-order chi connectivity index (χ1) is 15.7. The van der Waals surface area contributed by atoms with E-state index in [1.54, 1.807) is 12.3 Å². The molecule has 0 amide bonds. The zero-order valence-corrected chi connectivity index (χ0v) is 17.1. The molecule has 0 aliphatic heterocycles. The molecule has 0 bridgehead atoms. The van der Waals surface area contributed by atoms with Gasteiger partial charge in [-0.25, -0.2) is 13.5 Å². The molecule has 11 heteroatoms. The minimum absolute atomic E-state index is 0.357. The second kappa shape index (κ2) is 8.48. The minimum atomic E-state index is -4.12. The Bertz CT molecular complexity index is 1330. The van der Waals surface area contributed by atoms with Crippen molar-refractivity contribution in [2.45, 2.75) is 18.1 Å². The molecule has 33 heavy (non-hydrogen) atoms. The summed E-state index contributed by atoms with van der Waals surface area (Å²) in [6.07, 6.45) is 5.71. The highest BCUT2D eigenvalue weighted by molar-refractivity contribution is 5.42. The van der Waals surface area contributed by atoms with E-state index in [1.807, 2.05) is 17.8 Å². The first-order valence-electron chi connectivity index (χ1n) is 9.56. The van der Waals surface area contributed by atoms with Crippen LogP contribution in [0.1, 0.15) is 22.4 Å². The maximum Gasteiger partial charge on any atom is 0.323 e. The molecule has 4 rings (SSSR count). The van der Waals surface area contributed by atoms with Crippen LogP contribution in [0.5, 0.6) is 0 Å². The molecule has 3 heterocycles. The van der Waals surface area contributed by atoms with Crippen LogP contribution in [0.2, 0.25) is 0 Å². The molecular weight excluding hydrogens is 440 g/mol. The number of halogens is 4. The van der Waals surface area contributed by atoms with E-state index in [1.165, 1.54) is 6.07 Å². The van der Waals surface area contributed by atoms with Crippen molar-refractivity contribution in [1.82, 2.24) is 29.8 Å². The summed E-state index contributed by atoms with van der Waals surface area (Å²) in [6.45, 7) is -0.924. The van der Waals surface area contributed by atoms with Gasteiger partial charge >= 0.3 is 5.92 Å². The van der Waals surface area contributed by atoms with Crippen molar-refractivity contribution >= 4 is 0 Å². The number of benzene rings is 1. The predicted octanol–water partition coefficient (Wildman–Crippen LogP) is 2.76. The highest BCUT2D eigenvalue weighted by Gasteiger charge is 2.57. The lowest BCUT2D eigenvalue weighted by atomic mass is 9.84. The van der Waals surface area contributed by atoms with Crippen molar-refractivity contribution in [3.8, 4) is 11.8 Å². The largest absolute Gasteiger partial charge is 0.377 e. The van der Waals surface area contributed by atoms with Gasteiger partial charge in [0.15, 0.2) is 5.60 Å². The lowest BCUT2D eigenvalue weighted by Gasteiger charge is -2.35. The minimum Gasteiger partial charge on any atom is -0.377 e. The van der Waals surface area contributed by atoms with Gasteiger partial charge in [-0.1, -0.05) is 11.8 Å². The highest BCUT2D eigenvalue weighted by Crippen LogP contribution is 2.46. The number of hydrogen-bond donors (Lipinski definition) is 1. The van der Waals surface area contributed by atoms with Gasteiger partial charge in [-0.2, -0.15) is 8.78 Å². The van der Waals surface area contributed by atoms with Crippen molar-refractivity contribution in [2.24, 2.45) is 7.05 Å². The molecule has 1 aromatic carbocycles. The number of tetrazole rings is 1. The van der Waals surface area contributed by atoms with Gasteiger partial charge < -0.3 is 9.67 Å². The molecule has 0 aliphatic rings. The monoisotopic (exact) mass is 456 g/mol. The second-order valence-corrected chi connectivity index (χ2v) is 7.31. The third-order valence-electron chi connectivity index (χ3n) is 4.95. The molecule has 0 saturated carbocycles. The van der Waals surface area contributed by atoms with Crippen LogP contribution in [0.15, 0.2) is 61.3 Å². The summed E-state index contributed by atoms with van der Waals surface area (Å²) >= 11 is 0. The Morgan fingerprint density at radius 3 is 2.45 bits per heavy atom. The van der Waals surface area contributed by atoms with Crippen molar-refractivity contribution in [3.05, 3.63) is 95.3 Å². The molecular formula is C22H16F4N6O. The molecule has 0 aliphatic carbocycles. The molecule has 0 spiro atoms. The van der Waals surface area contributed by atoms with Crippen molar-refractivity contribution < 1.29 is 22.7 Å². The number of nitrogens with zero attached hydrogens (tertiary/aromatic N) is 6. The first-order valence-corrected chi connectivity index (χ1v) is 9.56. The van der Waals surface area contributed by atoms with Crippen LogP contribution in [0.4, 0.5) is 17.6 Å². The van der Waals surface area contributed by atoms with Gasteiger partial charge in [0, 0.05) is 48.4 Å². The molecule has 1 unspecified atom stereocenters. The van der Waals surface area contributed by atoms with Crippen molar-refractivity contribution in [3.63, 3.8) is 0 Å². The van der Waals surface area contributed by atoms with Gasteiger partial charge in [-0.15, -0.1) is 5.10 Å². The van der Waals surface area contributed by atoms with Crippen LogP contribution in [-0.2, 0) is 25.1 Å². The van der Waals surface area contributed by atoms with Gasteiger partial charge in [-0.3, -0.25) is 4.98 Å². The molecule has 168 valence electrons. The normalized spacial score (nSPS) is 13.3. The lowest BCUT2D eigenvalue weighted by molar-refractivity contribution is -0.207. The summed E-state index contributed by atoms with van der Waals surface area (Å²) in [5.74, 6) is -0.766. The second-order valence-electron chi connectivity index (χ2n) is 7.31. The number of aliphatic hydroxyl groups is 1. The zero-order valence-electron chi connectivity index (χ0n) is 17.1. The number of alkyl halides is 2. The topological polar surface area (TPSA) is 81.7 Å². The van der Waals surface area contributed by atoms with E-state index in [4.69, 9.17) is 0 Å².